The molecule has 1 aromatic rings. The maximum Gasteiger partial charge on any atom is 0.252 e. The number of benzene rings is 1. The third-order valence-corrected chi connectivity index (χ3v) is 2.07. The van der Waals surface area contributed by atoms with Crippen LogP contribution in [0, 0.1) is 0 Å². The van der Waals surface area contributed by atoms with E-state index in [9.17, 15) is 4.79 Å². The SMILES string of the molecule is COc1cc(N=[N+]=[N-])c(C(=O)Cl)cc1OC. The molecule has 0 saturated carbocycles. The van der Waals surface area contributed by atoms with E-state index < -0.39 is 5.24 Å². The monoisotopic (exact) mass is 241 g/mol. The molecular formula is C9H8ClN3O3. The van der Waals surface area contributed by atoms with Gasteiger partial charge in [0.2, 0.25) is 0 Å². The van der Waals surface area contributed by atoms with Crippen LogP contribution < -0.4 is 9.47 Å². The Kier molecular flexibility index (Phi) is 3.99. The summed E-state index contributed by atoms with van der Waals surface area (Å²) in [4.78, 5) is 13.7. The Hall–Kier alpha value is -1.91. The van der Waals surface area contributed by atoms with Crippen LogP contribution in [0.15, 0.2) is 17.2 Å². The molecule has 0 N–H and O–H groups in total. The van der Waals surface area contributed by atoms with Gasteiger partial charge in [-0.15, -0.1) is 0 Å². The van der Waals surface area contributed by atoms with Crippen LogP contribution in [0.25, 0.3) is 10.4 Å². The van der Waals surface area contributed by atoms with Crippen LogP contribution in [-0.4, -0.2) is 19.5 Å². The van der Waals surface area contributed by atoms with Gasteiger partial charge >= 0.3 is 0 Å². The molecule has 0 atom stereocenters. The van der Waals surface area contributed by atoms with Gasteiger partial charge in [-0.25, -0.2) is 0 Å². The molecule has 7 heteroatoms. The van der Waals surface area contributed by atoms with Crippen LogP contribution in [0.4, 0.5) is 5.69 Å². The fourth-order valence-electron chi connectivity index (χ4n) is 1.16. The largest absolute Gasteiger partial charge is 0.493 e. The van der Waals surface area contributed by atoms with Crippen LogP contribution in [-0.2, 0) is 0 Å². The lowest BCUT2D eigenvalue weighted by Gasteiger charge is -2.09. The second-order valence-corrected chi connectivity index (χ2v) is 3.03. The predicted octanol–water partition coefficient (Wildman–Crippen LogP) is 3.02. The van der Waals surface area contributed by atoms with Crippen LogP contribution in [0.5, 0.6) is 11.5 Å². The number of ether oxygens (including phenoxy) is 2. The minimum absolute atomic E-state index is 0.0668. The molecule has 0 fully saturated rings. The highest BCUT2D eigenvalue weighted by Gasteiger charge is 2.14. The number of hydrogen-bond donors (Lipinski definition) is 0. The Bertz CT molecular complexity index is 440. The standard InChI is InChI=1S/C9H8ClN3O3/c1-15-7-3-5(9(10)14)6(12-13-11)4-8(7)16-2/h3-4H,1-2H3. The van der Waals surface area contributed by atoms with Crippen molar-refractivity contribution in [1.29, 1.82) is 0 Å². The molecule has 0 saturated heterocycles. The maximum atomic E-state index is 11.1. The van der Waals surface area contributed by atoms with Crippen molar-refractivity contribution in [3.8, 4) is 11.5 Å². The lowest BCUT2D eigenvalue weighted by molar-refractivity contribution is 0.108. The fourth-order valence-corrected chi connectivity index (χ4v) is 1.31. The maximum absolute atomic E-state index is 11.1. The number of methoxy groups -OCH3 is 2. The molecule has 0 aliphatic heterocycles. The zero-order valence-electron chi connectivity index (χ0n) is 8.60. The molecule has 0 aromatic heterocycles. The number of carbonyl (C=O) groups is 1. The van der Waals surface area contributed by atoms with Crippen molar-refractivity contribution in [1.82, 2.24) is 0 Å². The third kappa shape index (κ3) is 2.36. The minimum Gasteiger partial charge on any atom is -0.493 e. The number of rotatable bonds is 4. The van der Waals surface area contributed by atoms with Crippen molar-refractivity contribution in [3.63, 3.8) is 0 Å². The molecular weight excluding hydrogens is 234 g/mol. The first kappa shape index (κ1) is 12.2. The van der Waals surface area contributed by atoms with E-state index in [1.165, 1.54) is 26.4 Å². The summed E-state index contributed by atoms with van der Waals surface area (Å²) in [5, 5.41) is 2.62. The molecule has 0 radical (unpaired) electrons. The third-order valence-electron chi connectivity index (χ3n) is 1.87. The Morgan fingerprint density at radius 3 is 2.38 bits per heavy atom. The molecule has 0 unspecified atom stereocenters. The van der Waals surface area contributed by atoms with Crippen LogP contribution >= 0.6 is 11.6 Å². The van der Waals surface area contributed by atoms with E-state index in [0.717, 1.165) is 0 Å². The van der Waals surface area contributed by atoms with Crippen molar-refractivity contribution < 1.29 is 14.3 Å². The Labute approximate surface area is 96.4 Å². The Balaban J connectivity index is 3.46. The fraction of sp³-hybridized carbons (Fsp3) is 0.222. The van der Waals surface area contributed by atoms with Crippen molar-refractivity contribution in [2.45, 2.75) is 0 Å². The Morgan fingerprint density at radius 2 is 1.94 bits per heavy atom. The molecule has 1 aromatic carbocycles. The van der Waals surface area contributed by atoms with Gasteiger partial charge in [0.25, 0.3) is 5.24 Å². The van der Waals surface area contributed by atoms with E-state index in [2.05, 4.69) is 10.0 Å². The highest BCUT2D eigenvalue weighted by atomic mass is 35.5. The first-order valence-electron chi connectivity index (χ1n) is 4.15. The quantitative estimate of drug-likeness (QED) is 0.351. The molecule has 6 nitrogen and oxygen atoms in total. The summed E-state index contributed by atoms with van der Waals surface area (Å²) in [5.41, 5.74) is 8.51. The van der Waals surface area contributed by atoms with Crippen LogP contribution in [0.2, 0.25) is 0 Å². The molecule has 16 heavy (non-hydrogen) atoms. The molecule has 84 valence electrons. The van der Waals surface area contributed by atoms with Gasteiger partial charge < -0.3 is 9.47 Å². The highest BCUT2D eigenvalue weighted by molar-refractivity contribution is 6.68. The van der Waals surface area contributed by atoms with Crippen LogP contribution in [0.3, 0.4) is 0 Å². The van der Waals surface area contributed by atoms with Gasteiger partial charge in [0.1, 0.15) is 0 Å². The number of hydrogen-bond acceptors (Lipinski definition) is 4. The van der Waals surface area contributed by atoms with Gasteiger partial charge in [0, 0.05) is 10.5 Å². The van der Waals surface area contributed by atoms with Crippen LogP contribution in [0.1, 0.15) is 10.4 Å². The molecule has 0 bridgehead atoms. The Morgan fingerprint density at radius 1 is 1.38 bits per heavy atom. The van der Waals surface area contributed by atoms with E-state index in [1.54, 1.807) is 0 Å². The van der Waals surface area contributed by atoms with Gasteiger partial charge in [-0.2, -0.15) is 0 Å². The van der Waals surface area contributed by atoms with Crippen molar-refractivity contribution in [2.75, 3.05) is 14.2 Å². The normalized spacial score (nSPS) is 9.19. The second kappa shape index (κ2) is 5.25. The summed E-state index contributed by atoms with van der Waals surface area (Å²) >= 11 is 5.35. The number of azide groups is 1. The van der Waals surface area contributed by atoms with E-state index in [4.69, 9.17) is 26.6 Å². The summed E-state index contributed by atoms with van der Waals surface area (Å²) in [6.45, 7) is 0. The van der Waals surface area contributed by atoms with E-state index in [0.29, 0.717) is 11.5 Å². The smallest absolute Gasteiger partial charge is 0.252 e. The molecule has 0 spiro atoms. The average Bonchev–Trinajstić information content (AvgIpc) is 2.28. The average molecular weight is 242 g/mol. The summed E-state index contributed by atoms with van der Waals surface area (Å²) in [5.74, 6) is 0.690. The van der Waals surface area contributed by atoms with E-state index >= 15 is 0 Å². The number of carbonyl (C=O) groups excluding carboxylic acids is 1. The zero-order chi connectivity index (χ0) is 12.1. The predicted molar refractivity (Wildman–Crippen MR) is 58.5 cm³/mol. The summed E-state index contributed by atoms with van der Waals surface area (Å²) in [6, 6.07) is 2.74. The van der Waals surface area contributed by atoms with Gasteiger partial charge in [-0.1, -0.05) is 5.11 Å². The van der Waals surface area contributed by atoms with Gasteiger partial charge in [-0.05, 0) is 29.3 Å². The second-order valence-electron chi connectivity index (χ2n) is 2.69. The van der Waals surface area contributed by atoms with Crippen molar-refractivity contribution in [2.24, 2.45) is 5.11 Å². The topological polar surface area (TPSA) is 84.3 Å². The molecule has 0 aliphatic carbocycles. The lowest BCUT2D eigenvalue weighted by Crippen LogP contribution is -1.95. The highest BCUT2D eigenvalue weighted by Crippen LogP contribution is 2.35. The first-order chi connectivity index (χ1) is 7.63. The van der Waals surface area contributed by atoms with Crippen molar-refractivity contribution in [3.05, 3.63) is 28.1 Å². The molecule has 0 amide bonds. The molecule has 0 heterocycles. The summed E-state index contributed by atoms with van der Waals surface area (Å²) in [6.07, 6.45) is 0. The summed E-state index contributed by atoms with van der Waals surface area (Å²) < 4.78 is 9.98. The molecule has 0 aliphatic rings. The number of nitrogens with zero attached hydrogens (tertiary/aromatic N) is 3. The lowest BCUT2D eigenvalue weighted by atomic mass is 10.1. The van der Waals surface area contributed by atoms with Gasteiger partial charge in [0.15, 0.2) is 11.5 Å². The van der Waals surface area contributed by atoms with Gasteiger partial charge in [0.05, 0.1) is 19.9 Å². The van der Waals surface area contributed by atoms with Gasteiger partial charge in [-0.3, -0.25) is 4.79 Å². The minimum atomic E-state index is -0.733. The van der Waals surface area contributed by atoms with E-state index in [-0.39, 0.29) is 11.3 Å². The summed E-state index contributed by atoms with van der Waals surface area (Å²) in [7, 11) is 2.85. The molecule has 1 rings (SSSR count). The van der Waals surface area contributed by atoms with E-state index in [1.807, 2.05) is 0 Å². The first-order valence-corrected chi connectivity index (χ1v) is 4.52. The van der Waals surface area contributed by atoms with Crippen molar-refractivity contribution >= 4 is 22.5 Å². The number of halogens is 1. The zero-order valence-corrected chi connectivity index (χ0v) is 9.35.